The van der Waals surface area contributed by atoms with E-state index in [0.717, 1.165) is 15.4 Å². The van der Waals surface area contributed by atoms with Crippen molar-refractivity contribution >= 4 is 33.2 Å². The molecular weight excluding hydrogens is 436 g/mol. The van der Waals surface area contributed by atoms with Crippen LogP contribution in [0.3, 0.4) is 0 Å². The van der Waals surface area contributed by atoms with E-state index in [0.29, 0.717) is 5.02 Å². The minimum Gasteiger partial charge on any atom is -0.495 e. The van der Waals surface area contributed by atoms with Gasteiger partial charge in [0.15, 0.2) is 0 Å². The van der Waals surface area contributed by atoms with E-state index in [1.54, 1.807) is 24.3 Å². The lowest BCUT2D eigenvalue weighted by Crippen LogP contribution is -2.40. The Morgan fingerprint density at radius 2 is 1.71 bits per heavy atom. The maximum absolute atomic E-state index is 13.5. The normalized spacial score (nSPS) is 11.1. The van der Waals surface area contributed by atoms with E-state index in [2.05, 4.69) is 5.32 Å². The molecule has 3 rings (SSSR count). The highest BCUT2D eigenvalue weighted by atomic mass is 35.5. The minimum absolute atomic E-state index is 0.0657. The average Bonchev–Trinajstić information content (AvgIpc) is 2.77. The van der Waals surface area contributed by atoms with Crippen LogP contribution in [0, 0.1) is 6.92 Å². The van der Waals surface area contributed by atoms with Gasteiger partial charge in [0.2, 0.25) is 5.91 Å². The zero-order chi connectivity index (χ0) is 22.4. The summed E-state index contributed by atoms with van der Waals surface area (Å²) in [4.78, 5) is 12.8. The molecule has 0 saturated heterocycles. The van der Waals surface area contributed by atoms with Crippen molar-refractivity contribution in [2.24, 2.45) is 0 Å². The van der Waals surface area contributed by atoms with E-state index >= 15 is 0 Å². The Hall–Kier alpha value is -3.03. The second kappa shape index (κ2) is 9.85. The molecule has 0 aliphatic rings. The number of nitrogens with one attached hydrogen (secondary N) is 1. The molecule has 0 saturated carbocycles. The van der Waals surface area contributed by atoms with Crippen molar-refractivity contribution in [1.82, 2.24) is 5.32 Å². The van der Waals surface area contributed by atoms with Gasteiger partial charge in [0.25, 0.3) is 10.0 Å². The Morgan fingerprint density at radius 3 is 2.35 bits per heavy atom. The Labute approximate surface area is 187 Å². The van der Waals surface area contributed by atoms with Gasteiger partial charge in [-0.1, -0.05) is 59.6 Å². The fraction of sp³-hybridized carbons (Fsp3) is 0.174. The van der Waals surface area contributed by atoms with Crippen LogP contribution in [0.2, 0.25) is 5.02 Å². The SMILES string of the molecule is COc1ccc(Cl)cc1N(CC(=O)NCc1ccccc1)S(=O)(=O)c1ccc(C)cc1. The Bertz CT molecular complexity index is 1150. The highest BCUT2D eigenvalue weighted by Crippen LogP contribution is 2.34. The minimum atomic E-state index is -4.06. The van der Waals surface area contributed by atoms with E-state index in [-0.39, 0.29) is 22.9 Å². The van der Waals surface area contributed by atoms with Crippen LogP contribution < -0.4 is 14.4 Å². The molecule has 0 atom stereocenters. The van der Waals surface area contributed by atoms with Gasteiger partial charge in [-0.2, -0.15) is 0 Å². The quantitative estimate of drug-likeness (QED) is 0.549. The number of hydrogen-bond acceptors (Lipinski definition) is 4. The molecule has 31 heavy (non-hydrogen) atoms. The Balaban J connectivity index is 1.95. The van der Waals surface area contributed by atoms with E-state index in [1.165, 1.54) is 25.3 Å². The molecule has 0 aromatic heterocycles. The average molecular weight is 459 g/mol. The van der Waals surface area contributed by atoms with Gasteiger partial charge in [-0.05, 0) is 42.8 Å². The lowest BCUT2D eigenvalue weighted by molar-refractivity contribution is -0.119. The number of ether oxygens (including phenoxy) is 1. The number of aryl methyl sites for hydroxylation is 1. The molecule has 0 unspecified atom stereocenters. The Kier molecular flexibility index (Phi) is 7.20. The summed E-state index contributed by atoms with van der Waals surface area (Å²) < 4.78 is 33.3. The number of carbonyl (C=O) groups excluding carboxylic acids is 1. The molecule has 0 bridgehead atoms. The predicted molar refractivity (Wildman–Crippen MR) is 122 cm³/mol. The number of anilines is 1. The molecule has 162 valence electrons. The largest absolute Gasteiger partial charge is 0.495 e. The van der Waals surface area contributed by atoms with Crippen molar-refractivity contribution in [3.05, 3.63) is 88.9 Å². The summed E-state index contributed by atoms with van der Waals surface area (Å²) in [6.45, 7) is 1.72. The van der Waals surface area contributed by atoms with Gasteiger partial charge >= 0.3 is 0 Å². The van der Waals surface area contributed by atoms with Gasteiger partial charge in [-0.3, -0.25) is 9.10 Å². The van der Waals surface area contributed by atoms with E-state index in [4.69, 9.17) is 16.3 Å². The van der Waals surface area contributed by atoms with Crippen LogP contribution in [0.4, 0.5) is 5.69 Å². The summed E-state index contributed by atoms with van der Waals surface area (Å²) in [7, 11) is -2.63. The summed E-state index contributed by atoms with van der Waals surface area (Å²) in [5, 5.41) is 3.09. The monoisotopic (exact) mass is 458 g/mol. The van der Waals surface area contributed by atoms with E-state index < -0.39 is 22.5 Å². The summed E-state index contributed by atoms with van der Waals surface area (Å²) in [6.07, 6.45) is 0. The van der Waals surface area contributed by atoms with E-state index in [1.807, 2.05) is 37.3 Å². The first-order valence-corrected chi connectivity index (χ1v) is 11.4. The van der Waals surface area contributed by atoms with Gasteiger partial charge in [0.05, 0.1) is 17.7 Å². The third-order valence-corrected chi connectivity index (χ3v) is 6.65. The number of methoxy groups -OCH3 is 1. The summed E-state index contributed by atoms with van der Waals surface area (Å²) in [5.41, 5.74) is 2.01. The molecule has 0 fully saturated rings. The van der Waals surface area contributed by atoms with Crippen LogP contribution in [0.15, 0.2) is 77.7 Å². The Morgan fingerprint density at radius 1 is 1.03 bits per heavy atom. The van der Waals surface area contributed by atoms with Crippen LogP contribution in [0.25, 0.3) is 0 Å². The highest BCUT2D eigenvalue weighted by molar-refractivity contribution is 7.92. The van der Waals surface area contributed by atoms with Crippen LogP contribution in [-0.4, -0.2) is 28.0 Å². The molecule has 0 aliphatic heterocycles. The molecule has 0 spiro atoms. The molecule has 8 heteroatoms. The number of sulfonamides is 1. The van der Waals surface area contributed by atoms with Gasteiger partial charge in [0, 0.05) is 11.6 Å². The van der Waals surface area contributed by atoms with Crippen LogP contribution in [0.5, 0.6) is 5.75 Å². The lowest BCUT2D eigenvalue weighted by atomic mass is 10.2. The first kappa shape index (κ1) is 22.7. The zero-order valence-corrected chi connectivity index (χ0v) is 18.8. The number of hydrogen-bond donors (Lipinski definition) is 1. The van der Waals surface area contributed by atoms with Crippen LogP contribution >= 0.6 is 11.6 Å². The second-order valence-corrected chi connectivity index (χ2v) is 9.20. The summed E-state index contributed by atoms with van der Waals surface area (Å²) in [5.74, 6) is -0.169. The van der Waals surface area contributed by atoms with Gasteiger partial charge in [-0.15, -0.1) is 0 Å². The van der Waals surface area contributed by atoms with Crippen molar-refractivity contribution in [3.63, 3.8) is 0 Å². The molecule has 3 aromatic carbocycles. The molecule has 0 heterocycles. The van der Waals surface area contributed by atoms with E-state index in [9.17, 15) is 13.2 Å². The third-order valence-electron chi connectivity index (χ3n) is 4.64. The number of carbonyl (C=O) groups is 1. The first-order chi connectivity index (χ1) is 14.8. The summed E-state index contributed by atoms with van der Waals surface area (Å²) in [6, 6.07) is 20.4. The third kappa shape index (κ3) is 5.57. The number of halogens is 1. The molecule has 3 aromatic rings. The maximum Gasteiger partial charge on any atom is 0.264 e. The molecule has 0 aliphatic carbocycles. The zero-order valence-electron chi connectivity index (χ0n) is 17.2. The van der Waals surface area contributed by atoms with Crippen molar-refractivity contribution in [2.45, 2.75) is 18.4 Å². The number of nitrogens with zero attached hydrogens (tertiary/aromatic N) is 1. The van der Waals surface area contributed by atoms with Gasteiger partial charge < -0.3 is 10.1 Å². The number of rotatable bonds is 8. The van der Waals surface area contributed by atoms with Crippen molar-refractivity contribution in [2.75, 3.05) is 18.0 Å². The molecular formula is C23H23ClN2O4S. The van der Waals surface area contributed by atoms with Crippen molar-refractivity contribution in [3.8, 4) is 5.75 Å². The smallest absolute Gasteiger partial charge is 0.264 e. The van der Waals surface area contributed by atoms with Crippen molar-refractivity contribution in [1.29, 1.82) is 0 Å². The van der Waals surface area contributed by atoms with Crippen LogP contribution in [0.1, 0.15) is 11.1 Å². The topological polar surface area (TPSA) is 75.7 Å². The standard InChI is InChI=1S/C23H23ClN2O4S/c1-17-8-11-20(12-9-17)31(28,29)26(21-14-19(24)10-13-22(21)30-2)16-23(27)25-15-18-6-4-3-5-7-18/h3-14H,15-16H2,1-2H3,(H,25,27). The molecule has 0 radical (unpaired) electrons. The van der Waals surface area contributed by atoms with Crippen molar-refractivity contribution < 1.29 is 17.9 Å². The number of amides is 1. The lowest BCUT2D eigenvalue weighted by Gasteiger charge is -2.26. The fourth-order valence-electron chi connectivity index (χ4n) is 2.98. The summed E-state index contributed by atoms with van der Waals surface area (Å²) >= 11 is 6.13. The predicted octanol–water partition coefficient (Wildman–Crippen LogP) is 4.17. The molecule has 1 amide bonds. The fourth-order valence-corrected chi connectivity index (χ4v) is 4.57. The van der Waals surface area contributed by atoms with Crippen LogP contribution in [-0.2, 0) is 21.4 Å². The molecule has 1 N–H and O–H groups in total. The first-order valence-electron chi connectivity index (χ1n) is 9.55. The van der Waals surface area contributed by atoms with Gasteiger partial charge in [-0.25, -0.2) is 8.42 Å². The highest BCUT2D eigenvalue weighted by Gasteiger charge is 2.29. The second-order valence-electron chi connectivity index (χ2n) is 6.90. The maximum atomic E-state index is 13.5. The van der Waals surface area contributed by atoms with Gasteiger partial charge in [0.1, 0.15) is 12.3 Å². The number of benzene rings is 3. The molecule has 6 nitrogen and oxygen atoms in total.